The van der Waals surface area contributed by atoms with Gasteiger partial charge in [-0.1, -0.05) is 18.1 Å². The van der Waals surface area contributed by atoms with Gasteiger partial charge in [-0.05, 0) is 44.9 Å². The van der Waals surface area contributed by atoms with Gasteiger partial charge in [0, 0.05) is 32.7 Å². The third-order valence-corrected chi connectivity index (χ3v) is 3.99. The lowest BCUT2D eigenvalue weighted by Crippen LogP contribution is -2.50. The first-order valence-corrected chi connectivity index (χ1v) is 8.73. The van der Waals surface area contributed by atoms with Crippen LogP contribution in [-0.4, -0.2) is 60.8 Å². The zero-order valence-corrected chi connectivity index (χ0v) is 15.5. The van der Waals surface area contributed by atoms with E-state index in [2.05, 4.69) is 23.0 Å². The second-order valence-corrected chi connectivity index (χ2v) is 7.20. The molecule has 1 aliphatic rings. The van der Waals surface area contributed by atoms with E-state index < -0.39 is 5.60 Å². The van der Waals surface area contributed by atoms with Crippen molar-refractivity contribution >= 4 is 6.09 Å². The van der Waals surface area contributed by atoms with Crippen LogP contribution in [0, 0.1) is 12.3 Å². The van der Waals surface area contributed by atoms with E-state index in [4.69, 9.17) is 15.9 Å². The first-order chi connectivity index (χ1) is 11.9. The summed E-state index contributed by atoms with van der Waals surface area (Å²) in [6.45, 7) is 10.1. The minimum atomic E-state index is -0.440. The molecule has 0 N–H and O–H groups in total. The summed E-state index contributed by atoms with van der Waals surface area (Å²) < 4.78 is 10.8. The lowest BCUT2D eigenvalue weighted by atomic mass is 10.1. The quantitative estimate of drug-likeness (QED) is 0.771. The van der Waals surface area contributed by atoms with Gasteiger partial charge in [0.25, 0.3) is 0 Å². The Bertz CT molecular complexity index is 591. The highest BCUT2D eigenvalue weighted by Gasteiger charge is 2.25. The van der Waals surface area contributed by atoms with Crippen LogP contribution in [0.3, 0.4) is 0 Å². The fourth-order valence-electron chi connectivity index (χ4n) is 2.65. The Morgan fingerprint density at radius 3 is 2.36 bits per heavy atom. The maximum Gasteiger partial charge on any atom is 0.410 e. The molecule has 1 aromatic carbocycles. The molecule has 1 aliphatic heterocycles. The number of benzene rings is 1. The van der Waals surface area contributed by atoms with Crippen molar-refractivity contribution in [3.8, 4) is 18.1 Å². The molecule has 0 saturated carbocycles. The Morgan fingerprint density at radius 1 is 1.16 bits per heavy atom. The van der Waals surface area contributed by atoms with E-state index in [0.29, 0.717) is 19.7 Å². The number of amides is 1. The van der Waals surface area contributed by atoms with E-state index in [0.717, 1.165) is 31.8 Å². The van der Waals surface area contributed by atoms with Crippen LogP contribution in [0.2, 0.25) is 0 Å². The zero-order chi connectivity index (χ0) is 18.3. The van der Waals surface area contributed by atoms with E-state index in [9.17, 15) is 4.79 Å². The van der Waals surface area contributed by atoms with Crippen LogP contribution in [0.4, 0.5) is 4.79 Å². The van der Waals surface area contributed by atoms with Crippen molar-refractivity contribution in [3.63, 3.8) is 0 Å². The highest BCUT2D eigenvalue weighted by molar-refractivity contribution is 5.68. The van der Waals surface area contributed by atoms with Crippen molar-refractivity contribution in [1.82, 2.24) is 9.80 Å². The molecule has 0 bridgehead atoms. The molecule has 0 atom stereocenters. The largest absolute Gasteiger partial charge is 0.481 e. The number of piperazine rings is 1. The summed E-state index contributed by atoms with van der Waals surface area (Å²) in [5, 5.41) is 0. The lowest BCUT2D eigenvalue weighted by molar-refractivity contribution is 0.0146. The average molecular weight is 344 g/mol. The Morgan fingerprint density at radius 2 is 1.80 bits per heavy atom. The number of terminal acetylenes is 1. The van der Waals surface area contributed by atoms with E-state index in [1.54, 1.807) is 4.90 Å². The summed E-state index contributed by atoms with van der Waals surface area (Å²) in [6.07, 6.45) is 5.94. The molecule has 0 aliphatic carbocycles. The smallest absolute Gasteiger partial charge is 0.410 e. The van der Waals surface area contributed by atoms with Crippen LogP contribution in [0.5, 0.6) is 5.75 Å². The standard InChI is InChI=1S/C20H28N2O3/c1-5-16-24-18-8-6-17(7-9-18)10-11-21-12-14-22(15-13-21)19(23)25-20(2,3)4/h1,6-9H,10-16H2,2-4H3. The van der Waals surface area contributed by atoms with E-state index in [-0.39, 0.29) is 6.09 Å². The van der Waals surface area contributed by atoms with Gasteiger partial charge in [-0.2, -0.15) is 0 Å². The third kappa shape index (κ3) is 6.67. The van der Waals surface area contributed by atoms with Crippen LogP contribution >= 0.6 is 0 Å². The summed E-state index contributed by atoms with van der Waals surface area (Å²) in [4.78, 5) is 16.2. The van der Waals surface area contributed by atoms with Crippen LogP contribution in [0.15, 0.2) is 24.3 Å². The maximum absolute atomic E-state index is 12.1. The number of rotatable bonds is 5. The van der Waals surface area contributed by atoms with Gasteiger partial charge in [0.05, 0.1) is 0 Å². The average Bonchev–Trinajstić information content (AvgIpc) is 2.58. The molecule has 0 radical (unpaired) electrons. The Labute approximate surface area is 150 Å². The fraction of sp³-hybridized carbons (Fsp3) is 0.550. The molecule has 1 fully saturated rings. The van der Waals surface area contributed by atoms with Crippen LogP contribution in [-0.2, 0) is 11.2 Å². The fourth-order valence-corrected chi connectivity index (χ4v) is 2.65. The number of carbonyl (C=O) groups is 1. The Balaban J connectivity index is 1.72. The molecule has 1 heterocycles. The first kappa shape index (κ1) is 19.1. The number of hydrogen-bond acceptors (Lipinski definition) is 4. The Hall–Kier alpha value is -2.19. The molecule has 0 aromatic heterocycles. The molecule has 2 rings (SSSR count). The van der Waals surface area contributed by atoms with Crippen molar-refractivity contribution in [3.05, 3.63) is 29.8 Å². The summed E-state index contributed by atoms with van der Waals surface area (Å²) in [5.41, 5.74) is 0.826. The van der Waals surface area contributed by atoms with Crippen LogP contribution in [0.25, 0.3) is 0 Å². The normalized spacial score (nSPS) is 15.5. The molecule has 0 spiro atoms. The number of hydrogen-bond donors (Lipinski definition) is 0. The lowest BCUT2D eigenvalue weighted by Gasteiger charge is -2.35. The predicted molar refractivity (Wildman–Crippen MR) is 98.7 cm³/mol. The molecule has 25 heavy (non-hydrogen) atoms. The van der Waals surface area contributed by atoms with Gasteiger partial charge < -0.3 is 14.4 Å². The van der Waals surface area contributed by atoms with E-state index in [1.807, 2.05) is 32.9 Å². The summed E-state index contributed by atoms with van der Waals surface area (Å²) in [6, 6.07) is 8.05. The number of nitrogens with zero attached hydrogens (tertiary/aromatic N) is 2. The van der Waals surface area contributed by atoms with Gasteiger partial charge in [-0.25, -0.2) is 4.79 Å². The van der Waals surface area contributed by atoms with Gasteiger partial charge in [0.2, 0.25) is 0 Å². The first-order valence-electron chi connectivity index (χ1n) is 8.73. The minimum absolute atomic E-state index is 0.213. The SMILES string of the molecule is C#CCOc1ccc(CCN2CCN(C(=O)OC(C)(C)C)CC2)cc1. The molecule has 5 nitrogen and oxygen atoms in total. The zero-order valence-electron chi connectivity index (χ0n) is 15.5. The second kappa shape index (κ2) is 8.77. The van der Waals surface area contributed by atoms with Crippen molar-refractivity contribution < 1.29 is 14.3 Å². The molecular weight excluding hydrogens is 316 g/mol. The van der Waals surface area contributed by atoms with Gasteiger partial charge in [-0.15, -0.1) is 6.42 Å². The highest BCUT2D eigenvalue weighted by Crippen LogP contribution is 2.14. The molecule has 136 valence electrons. The molecule has 5 heteroatoms. The minimum Gasteiger partial charge on any atom is -0.481 e. The van der Waals surface area contributed by atoms with Crippen molar-refractivity contribution in [2.24, 2.45) is 0 Å². The highest BCUT2D eigenvalue weighted by atomic mass is 16.6. The number of carbonyl (C=O) groups excluding carboxylic acids is 1. The van der Waals surface area contributed by atoms with Crippen LogP contribution in [0.1, 0.15) is 26.3 Å². The van der Waals surface area contributed by atoms with Gasteiger partial charge in [-0.3, -0.25) is 4.90 Å². The Kier molecular flexibility index (Phi) is 6.72. The molecule has 1 amide bonds. The summed E-state index contributed by atoms with van der Waals surface area (Å²) >= 11 is 0. The monoisotopic (exact) mass is 344 g/mol. The van der Waals surface area contributed by atoms with Crippen LogP contribution < -0.4 is 4.74 Å². The van der Waals surface area contributed by atoms with Crippen molar-refractivity contribution in [1.29, 1.82) is 0 Å². The third-order valence-electron chi connectivity index (χ3n) is 3.99. The number of ether oxygens (including phenoxy) is 2. The van der Waals surface area contributed by atoms with Crippen molar-refractivity contribution in [2.75, 3.05) is 39.3 Å². The maximum atomic E-state index is 12.1. The van der Waals surface area contributed by atoms with Crippen molar-refractivity contribution in [2.45, 2.75) is 32.8 Å². The second-order valence-electron chi connectivity index (χ2n) is 7.20. The molecular formula is C20H28N2O3. The van der Waals surface area contributed by atoms with Gasteiger partial charge >= 0.3 is 6.09 Å². The predicted octanol–water partition coefficient (Wildman–Crippen LogP) is 2.79. The molecule has 1 aromatic rings. The summed E-state index contributed by atoms with van der Waals surface area (Å²) in [5.74, 6) is 3.26. The molecule has 1 saturated heterocycles. The molecule has 0 unspecified atom stereocenters. The van der Waals surface area contributed by atoms with Gasteiger partial charge in [0.15, 0.2) is 0 Å². The van der Waals surface area contributed by atoms with Gasteiger partial charge in [0.1, 0.15) is 18.0 Å². The van der Waals surface area contributed by atoms with E-state index in [1.165, 1.54) is 5.56 Å². The topological polar surface area (TPSA) is 42.0 Å². The summed E-state index contributed by atoms with van der Waals surface area (Å²) in [7, 11) is 0. The van der Waals surface area contributed by atoms with E-state index >= 15 is 0 Å².